The summed E-state index contributed by atoms with van der Waals surface area (Å²) in [6.45, 7) is 6.92. The van der Waals surface area contributed by atoms with Gasteiger partial charge in [-0.25, -0.2) is 4.79 Å². The van der Waals surface area contributed by atoms with Gasteiger partial charge in [0.25, 0.3) is 0 Å². The van der Waals surface area contributed by atoms with E-state index >= 15 is 0 Å². The number of hydrogen-bond donors (Lipinski definition) is 0. The average molecular weight is 411 g/mol. The van der Waals surface area contributed by atoms with Gasteiger partial charge in [0.05, 0.1) is 5.69 Å². The molecule has 7 heteroatoms. The Morgan fingerprint density at radius 3 is 2.67 bits per heavy atom. The number of aromatic nitrogens is 3. The summed E-state index contributed by atoms with van der Waals surface area (Å²) in [6.07, 6.45) is 6.54. The number of ether oxygens (including phenoxy) is 1. The zero-order valence-corrected chi connectivity index (χ0v) is 18.2. The summed E-state index contributed by atoms with van der Waals surface area (Å²) in [7, 11) is 1.90. The van der Waals surface area contributed by atoms with Crippen molar-refractivity contribution in [3.63, 3.8) is 0 Å². The van der Waals surface area contributed by atoms with E-state index in [1.165, 1.54) is 0 Å². The van der Waals surface area contributed by atoms with Crippen molar-refractivity contribution >= 4 is 11.9 Å². The van der Waals surface area contributed by atoms with Crippen LogP contribution in [0.4, 0.5) is 4.79 Å². The van der Waals surface area contributed by atoms with Crippen LogP contribution in [0.1, 0.15) is 69.5 Å². The molecule has 0 aromatic carbocycles. The molecule has 2 atom stereocenters. The van der Waals surface area contributed by atoms with Gasteiger partial charge in [-0.2, -0.15) is 5.10 Å². The van der Waals surface area contributed by atoms with Crippen LogP contribution >= 0.6 is 0 Å². The largest absolute Gasteiger partial charge is 0.444 e. The summed E-state index contributed by atoms with van der Waals surface area (Å²) in [6, 6.07) is 4.11. The van der Waals surface area contributed by atoms with E-state index in [-0.39, 0.29) is 17.9 Å². The van der Waals surface area contributed by atoms with E-state index in [1.54, 1.807) is 9.58 Å². The Kier molecular flexibility index (Phi) is 5.38. The van der Waals surface area contributed by atoms with Crippen molar-refractivity contribution in [2.24, 2.45) is 7.05 Å². The highest BCUT2D eigenvalue weighted by molar-refractivity contribution is 5.81. The molecule has 4 rings (SSSR count). The Bertz CT molecular complexity index is 960. The number of likely N-dealkylation sites (tertiary alicyclic amines) is 1. The van der Waals surface area contributed by atoms with Gasteiger partial charge in [0.1, 0.15) is 11.4 Å². The van der Waals surface area contributed by atoms with Crippen molar-refractivity contribution in [1.82, 2.24) is 19.7 Å². The first-order chi connectivity index (χ1) is 14.2. The Hall–Kier alpha value is -2.70. The van der Waals surface area contributed by atoms with Crippen LogP contribution in [0.5, 0.6) is 0 Å². The second-order valence-corrected chi connectivity index (χ2v) is 9.46. The van der Waals surface area contributed by atoms with Crippen molar-refractivity contribution in [2.75, 3.05) is 13.1 Å². The molecule has 0 N–H and O–H groups in total. The van der Waals surface area contributed by atoms with Crippen LogP contribution in [-0.2, 0) is 16.6 Å². The number of ketones is 1. The van der Waals surface area contributed by atoms with Gasteiger partial charge in [0.15, 0.2) is 0 Å². The number of rotatable bonds is 3. The molecule has 7 nitrogen and oxygen atoms in total. The molecule has 2 aromatic rings. The highest BCUT2D eigenvalue weighted by atomic mass is 16.6. The molecule has 1 aliphatic carbocycles. The molecule has 3 heterocycles. The number of nitrogens with zero attached hydrogens (tertiary/aromatic N) is 4. The highest BCUT2D eigenvalue weighted by Gasteiger charge is 2.33. The number of hydrogen-bond acceptors (Lipinski definition) is 5. The Morgan fingerprint density at radius 2 is 2.03 bits per heavy atom. The zero-order valence-electron chi connectivity index (χ0n) is 18.2. The SMILES string of the molecule is Cn1ccc(-c2cc(C3CCC(=O)C3)ncc2C2CCN(C(=O)OC(C)(C)C)C2)n1. The smallest absolute Gasteiger partial charge is 0.410 e. The minimum Gasteiger partial charge on any atom is -0.444 e. The summed E-state index contributed by atoms with van der Waals surface area (Å²) in [5.41, 5.74) is 3.52. The molecule has 1 saturated carbocycles. The monoisotopic (exact) mass is 410 g/mol. The van der Waals surface area contributed by atoms with Crippen molar-refractivity contribution in [2.45, 2.75) is 63.9 Å². The van der Waals surface area contributed by atoms with Crippen LogP contribution in [0.3, 0.4) is 0 Å². The average Bonchev–Trinajstić information content (AvgIpc) is 3.40. The minimum atomic E-state index is -0.504. The van der Waals surface area contributed by atoms with E-state index < -0.39 is 5.60 Å². The summed E-state index contributed by atoms with van der Waals surface area (Å²) < 4.78 is 7.34. The fourth-order valence-electron chi connectivity index (χ4n) is 4.38. The van der Waals surface area contributed by atoms with Crippen LogP contribution in [0.15, 0.2) is 24.5 Å². The van der Waals surface area contributed by atoms with Crippen LogP contribution in [0.25, 0.3) is 11.3 Å². The first-order valence-corrected chi connectivity index (χ1v) is 10.7. The highest BCUT2D eigenvalue weighted by Crippen LogP contribution is 2.38. The number of amides is 1. The van der Waals surface area contributed by atoms with E-state index in [4.69, 9.17) is 9.72 Å². The van der Waals surface area contributed by atoms with Crippen LogP contribution in [0.2, 0.25) is 0 Å². The van der Waals surface area contributed by atoms with Gasteiger partial charge >= 0.3 is 6.09 Å². The molecular formula is C23H30N4O3. The maximum absolute atomic E-state index is 12.5. The van der Waals surface area contributed by atoms with E-state index in [0.717, 1.165) is 35.4 Å². The maximum Gasteiger partial charge on any atom is 0.410 e. The summed E-state index contributed by atoms with van der Waals surface area (Å²) in [5, 5.41) is 4.61. The molecule has 2 aromatic heterocycles. The lowest BCUT2D eigenvalue weighted by atomic mass is 9.91. The van der Waals surface area contributed by atoms with Gasteiger partial charge in [-0.15, -0.1) is 0 Å². The predicted octanol–water partition coefficient (Wildman–Crippen LogP) is 4.04. The van der Waals surface area contributed by atoms with Gasteiger partial charge in [-0.3, -0.25) is 14.5 Å². The second kappa shape index (κ2) is 7.85. The molecule has 1 aliphatic heterocycles. The number of carbonyl (C=O) groups is 2. The summed E-state index contributed by atoms with van der Waals surface area (Å²) >= 11 is 0. The molecular weight excluding hydrogens is 380 g/mol. The Labute approximate surface area is 177 Å². The molecule has 160 valence electrons. The molecule has 2 unspecified atom stereocenters. The van der Waals surface area contributed by atoms with E-state index in [9.17, 15) is 9.59 Å². The topological polar surface area (TPSA) is 77.3 Å². The van der Waals surface area contributed by atoms with Gasteiger partial charge in [0.2, 0.25) is 0 Å². The van der Waals surface area contributed by atoms with E-state index in [1.807, 2.05) is 46.3 Å². The van der Waals surface area contributed by atoms with Gasteiger partial charge in [-0.05, 0) is 51.3 Å². The normalized spacial score (nSPS) is 22.0. The van der Waals surface area contributed by atoms with Gasteiger partial charge in [0, 0.05) is 68.5 Å². The number of carbonyl (C=O) groups excluding carboxylic acids is 2. The number of Topliss-reactive ketones (excluding diaryl/α,β-unsaturated/α-hetero) is 1. The lowest BCUT2D eigenvalue weighted by Gasteiger charge is -2.24. The van der Waals surface area contributed by atoms with Crippen molar-refractivity contribution in [3.8, 4) is 11.3 Å². The van der Waals surface area contributed by atoms with E-state index in [2.05, 4.69) is 11.2 Å². The lowest BCUT2D eigenvalue weighted by Crippen LogP contribution is -2.35. The third kappa shape index (κ3) is 4.40. The third-order valence-electron chi connectivity index (χ3n) is 5.89. The van der Waals surface area contributed by atoms with Gasteiger partial charge < -0.3 is 9.64 Å². The van der Waals surface area contributed by atoms with Gasteiger partial charge in [-0.1, -0.05) is 0 Å². The molecule has 30 heavy (non-hydrogen) atoms. The maximum atomic E-state index is 12.5. The molecule has 0 radical (unpaired) electrons. The molecule has 0 spiro atoms. The Morgan fingerprint density at radius 1 is 1.23 bits per heavy atom. The van der Waals surface area contributed by atoms with Crippen LogP contribution in [0, 0.1) is 0 Å². The third-order valence-corrected chi connectivity index (χ3v) is 5.89. The first-order valence-electron chi connectivity index (χ1n) is 10.7. The summed E-state index contributed by atoms with van der Waals surface area (Å²) in [5.74, 6) is 0.686. The van der Waals surface area contributed by atoms with Crippen molar-refractivity contribution in [3.05, 3.63) is 35.8 Å². The molecule has 2 fully saturated rings. The molecule has 1 amide bonds. The minimum absolute atomic E-state index is 0.182. The number of aryl methyl sites for hydroxylation is 1. The fraction of sp³-hybridized carbons (Fsp3) is 0.565. The molecule has 1 saturated heterocycles. The molecule has 2 aliphatic rings. The predicted molar refractivity (Wildman–Crippen MR) is 113 cm³/mol. The Balaban J connectivity index is 1.61. The fourth-order valence-corrected chi connectivity index (χ4v) is 4.38. The van der Waals surface area contributed by atoms with Crippen molar-refractivity contribution in [1.29, 1.82) is 0 Å². The summed E-state index contributed by atoms with van der Waals surface area (Å²) in [4.78, 5) is 30.8. The lowest BCUT2D eigenvalue weighted by molar-refractivity contribution is -0.117. The standard InChI is InChI=1S/C23H30N4O3/c1-23(2,3)30-22(29)27-10-7-16(14-27)19-13-24-21(15-5-6-17(28)11-15)12-18(19)20-8-9-26(4)25-20/h8-9,12-13,15-16H,5-7,10-11,14H2,1-4H3. The zero-order chi connectivity index (χ0) is 21.5. The van der Waals surface area contributed by atoms with Crippen LogP contribution in [-0.4, -0.2) is 50.2 Å². The van der Waals surface area contributed by atoms with Crippen molar-refractivity contribution < 1.29 is 14.3 Å². The van der Waals surface area contributed by atoms with E-state index in [0.29, 0.717) is 31.7 Å². The number of pyridine rings is 1. The second-order valence-electron chi connectivity index (χ2n) is 9.46. The first kappa shape index (κ1) is 20.6. The molecule has 0 bridgehead atoms. The van der Waals surface area contributed by atoms with Crippen LogP contribution < -0.4 is 0 Å². The quantitative estimate of drug-likeness (QED) is 0.763.